The highest BCUT2D eigenvalue weighted by Crippen LogP contribution is 2.22. The fourth-order valence-corrected chi connectivity index (χ4v) is 2.31. The lowest BCUT2D eigenvalue weighted by atomic mass is 10.3. The van der Waals surface area contributed by atoms with Gasteiger partial charge in [0.1, 0.15) is 11.4 Å². The van der Waals surface area contributed by atoms with E-state index in [1.807, 2.05) is 16.9 Å². The lowest BCUT2D eigenvalue weighted by molar-refractivity contribution is 0.0781. The first-order chi connectivity index (χ1) is 9.24. The maximum Gasteiger partial charge on any atom is 0.272 e. The first-order valence-corrected chi connectivity index (χ1v) is 6.17. The Labute approximate surface area is 110 Å². The molecule has 1 saturated heterocycles. The fraction of sp³-hybridized carbons (Fsp3) is 0.308. The molecular formula is C13H14N4O2. The third kappa shape index (κ3) is 2.29. The highest BCUT2D eigenvalue weighted by molar-refractivity contribution is 5.92. The van der Waals surface area contributed by atoms with Crippen LogP contribution in [-0.2, 0) is 0 Å². The second-order valence-corrected chi connectivity index (χ2v) is 4.58. The molecule has 1 aliphatic rings. The molecule has 3 heterocycles. The molecule has 2 aromatic rings. The fourth-order valence-electron chi connectivity index (χ4n) is 2.31. The van der Waals surface area contributed by atoms with E-state index in [1.54, 1.807) is 17.2 Å². The minimum atomic E-state index is -0.102. The molecule has 1 fully saturated rings. The van der Waals surface area contributed by atoms with Crippen LogP contribution in [0.25, 0.3) is 0 Å². The molecule has 19 heavy (non-hydrogen) atoms. The van der Waals surface area contributed by atoms with Crippen LogP contribution in [0.5, 0.6) is 5.75 Å². The van der Waals surface area contributed by atoms with Crippen molar-refractivity contribution in [2.45, 2.75) is 12.5 Å². The third-order valence-electron chi connectivity index (χ3n) is 3.32. The van der Waals surface area contributed by atoms with Gasteiger partial charge in [-0.15, -0.1) is 0 Å². The van der Waals surface area contributed by atoms with E-state index in [0.29, 0.717) is 18.8 Å². The molecule has 1 N–H and O–H groups in total. The summed E-state index contributed by atoms with van der Waals surface area (Å²) in [7, 11) is 0. The Morgan fingerprint density at radius 3 is 3.00 bits per heavy atom. The maximum absolute atomic E-state index is 12.2. The minimum absolute atomic E-state index is 0.0624. The maximum atomic E-state index is 12.2. The number of carbonyl (C=O) groups excluding carboxylic acids is 1. The number of likely N-dealkylation sites (tertiary alicyclic amines) is 1. The van der Waals surface area contributed by atoms with E-state index < -0.39 is 0 Å². The van der Waals surface area contributed by atoms with Gasteiger partial charge in [0.25, 0.3) is 5.91 Å². The number of amides is 1. The second kappa shape index (κ2) is 4.72. The predicted molar refractivity (Wildman–Crippen MR) is 67.7 cm³/mol. The minimum Gasteiger partial charge on any atom is -0.506 e. The first kappa shape index (κ1) is 11.7. The van der Waals surface area contributed by atoms with E-state index >= 15 is 0 Å². The highest BCUT2D eigenvalue weighted by atomic mass is 16.3. The summed E-state index contributed by atoms with van der Waals surface area (Å²) < 4.78 is 1.89. The molecule has 6 heteroatoms. The van der Waals surface area contributed by atoms with Gasteiger partial charge >= 0.3 is 0 Å². The molecule has 6 nitrogen and oxygen atoms in total. The second-order valence-electron chi connectivity index (χ2n) is 4.58. The summed E-state index contributed by atoms with van der Waals surface area (Å²) in [6.07, 6.45) is 5.84. The summed E-state index contributed by atoms with van der Waals surface area (Å²) in [4.78, 5) is 17.9. The van der Waals surface area contributed by atoms with Crippen molar-refractivity contribution >= 4 is 5.91 Å². The van der Waals surface area contributed by atoms with Crippen LogP contribution in [-0.4, -0.2) is 43.8 Å². The van der Waals surface area contributed by atoms with Crippen LogP contribution < -0.4 is 0 Å². The number of nitrogens with zero attached hydrogens (tertiary/aromatic N) is 4. The first-order valence-electron chi connectivity index (χ1n) is 6.17. The monoisotopic (exact) mass is 258 g/mol. The number of aromatic nitrogens is 3. The average molecular weight is 258 g/mol. The molecule has 1 aliphatic heterocycles. The number of hydrogen-bond acceptors (Lipinski definition) is 4. The zero-order chi connectivity index (χ0) is 13.2. The van der Waals surface area contributed by atoms with Gasteiger partial charge in [0.2, 0.25) is 0 Å². The number of pyridine rings is 1. The van der Waals surface area contributed by atoms with Crippen molar-refractivity contribution in [2.24, 2.45) is 0 Å². The van der Waals surface area contributed by atoms with Crippen LogP contribution >= 0.6 is 0 Å². The molecule has 2 aromatic heterocycles. The van der Waals surface area contributed by atoms with Crippen LogP contribution in [0.4, 0.5) is 0 Å². The molecule has 0 spiro atoms. The normalized spacial score (nSPS) is 18.7. The Hall–Kier alpha value is -2.37. The van der Waals surface area contributed by atoms with Crippen molar-refractivity contribution in [2.75, 3.05) is 13.1 Å². The Balaban J connectivity index is 1.71. The van der Waals surface area contributed by atoms with Crippen molar-refractivity contribution in [3.05, 3.63) is 42.5 Å². The Morgan fingerprint density at radius 1 is 1.42 bits per heavy atom. The van der Waals surface area contributed by atoms with Gasteiger partial charge in [0, 0.05) is 25.5 Å². The Bertz CT molecular complexity index is 565. The van der Waals surface area contributed by atoms with Crippen molar-refractivity contribution in [1.82, 2.24) is 19.7 Å². The molecule has 3 rings (SSSR count). The largest absolute Gasteiger partial charge is 0.506 e. The summed E-state index contributed by atoms with van der Waals surface area (Å²) >= 11 is 0. The van der Waals surface area contributed by atoms with Crippen molar-refractivity contribution in [3.8, 4) is 5.75 Å². The molecule has 1 unspecified atom stereocenters. The van der Waals surface area contributed by atoms with Crippen molar-refractivity contribution < 1.29 is 9.90 Å². The van der Waals surface area contributed by atoms with Gasteiger partial charge < -0.3 is 10.0 Å². The van der Waals surface area contributed by atoms with Crippen LogP contribution in [0.2, 0.25) is 0 Å². The molecule has 0 aromatic carbocycles. The van der Waals surface area contributed by atoms with E-state index in [2.05, 4.69) is 10.1 Å². The highest BCUT2D eigenvalue weighted by Gasteiger charge is 2.28. The summed E-state index contributed by atoms with van der Waals surface area (Å²) in [5.41, 5.74) is 0.360. The van der Waals surface area contributed by atoms with Gasteiger partial charge in [0.15, 0.2) is 0 Å². The zero-order valence-corrected chi connectivity index (χ0v) is 10.3. The molecule has 0 bridgehead atoms. The molecule has 0 saturated carbocycles. The van der Waals surface area contributed by atoms with Gasteiger partial charge in [-0.05, 0) is 24.6 Å². The van der Waals surface area contributed by atoms with E-state index in [0.717, 1.165) is 6.42 Å². The van der Waals surface area contributed by atoms with Crippen LogP contribution in [0.15, 0.2) is 36.8 Å². The van der Waals surface area contributed by atoms with E-state index in [-0.39, 0.29) is 17.7 Å². The summed E-state index contributed by atoms with van der Waals surface area (Å²) in [5.74, 6) is -0.0398. The standard InChI is InChI=1S/C13H14N4O2/c18-11-2-3-12(14-8-11)13(19)16-7-4-10(9-16)17-6-1-5-15-17/h1-3,5-6,8,10,18H,4,7,9H2. The smallest absolute Gasteiger partial charge is 0.272 e. The van der Waals surface area contributed by atoms with E-state index in [1.165, 1.54) is 12.3 Å². The van der Waals surface area contributed by atoms with E-state index in [9.17, 15) is 9.90 Å². The molecule has 0 aliphatic carbocycles. The predicted octanol–water partition coefficient (Wildman–Crippen LogP) is 1.07. The van der Waals surface area contributed by atoms with Gasteiger partial charge in [0.05, 0.1) is 12.2 Å². The lowest BCUT2D eigenvalue weighted by Crippen LogP contribution is -2.29. The van der Waals surface area contributed by atoms with Crippen LogP contribution in [0.1, 0.15) is 23.0 Å². The van der Waals surface area contributed by atoms with Crippen LogP contribution in [0.3, 0.4) is 0 Å². The Morgan fingerprint density at radius 2 is 2.32 bits per heavy atom. The summed E-state index contributed by atoms with van der Waals surface area (Å²) in [5, 5.41) is 13.4. The quantitative estimate of drug-likeness (QED) is 0.874. The Kier molecular flexibility index (Phi) is 2.91. The van der Waals surface area contributed by atoms with E-state index in [4.69, 9.17) is 0 Å². The van der Waals surface area contributed by atoms with Gasteiger partial charge in [-0.2, -0.15) is 5.10 Å². The molecule has 98 valence electrons. The summed E-state index contributed by atoms with van der Waals surface area (Å²) in [6.45, 7) is 1.34. The molecule has 1 amide bonds. The zero-order valence-electron chi connectivity index (χ0n) is 10.3. The number of rotatable bonds is 2. The van der Waals surface area contributed by atoms with Crippen molar-refractivity contribution in [3.63, 3.8) is 0 Å². The van der Waals surface area contributed by atoms with Gasteiger partial charge in [-0.25, -0.2) is 4.98 Å². The number of aromatic hydroxyl groups is 1. The molecule has 1 atom stereocenters. The lowest BCUT2D eigenvalue weighted by Gasteiger charge is -2.16. The summed E-state index contributed by atoms with van der Waals surface area (Å²) in [6, 6.07) is 5.13. The molecule has 0 radical (unpaired) electrons. The molecular weight excluding hydrogens is 244 g/mol. The SMILES string of the molecule is O=C(c1ccc(O)cn1)N1CCC(n2cccn2)C1. The topological polar surface area (TPSA) is 71.2 Å². The average Bonchev–Trinajstić information content (AvgIpc) is 3.10. The van der Waals surface area contributed by atoms with Gasteiger partial charge in [-0.3, -0.25) is 9.48 Å². The van der Waals surface area contributed by atoms with Gasteiger partial charge in [-0.1, -0.05) is 0 Å². The third-order valence-corrected chi connectivity index (χ3v) is 3.32. The van der Waals surface area contributed by atoms with Crippen LogP contribution in [0, 0.1) is 0 Å². The number of carbonyl (C=O) groups is 1. The number of hydrogen-bond donors (Lipinski definition) is 1. The van der Waals surface area contributed by atoms with Crippen molar-refractivity contribution in [1.29, 1.82) is 0 Å².